The fourth-order valence-electron chi connectivity index (χ4n) is 2.29. The van der Waals surface area contributed by atoms with Gasteiger partial charge in [-0.2, -0.15) is 13.4 Å². The van der Waals surface area contributed by atoms with Crippen molar-refractivity contribution in [3.63, 3.8) is 0 Å². The Morgan fingerprint density at radius 2 is 1.74 bits per heavy atom. The van der Waals surface area contributed by atoms with Crippen LogP contribution in [0.1, 0.15) is 28.9 Å². The molecule has 0 saturated heterocycles. The normalized spacial score (nSPS) is 18.9. The molecule has 0 unspecified atom stereocenters. The van der Waals surface area contributed by atoms with Crippen molar-refractivity contribution in [3.8, 4) is 34.5 Å². The summed E-state index contributed by atoms with van der Waals surface area (Å²) in [6.07, 6.45) is -2.53. The van der Waals surface area contributed by atoms with E-state index in [1.54, 1.807) is 4.72 Å². The first-order valence-corrected chi connectivity index (χ1v) is 10.2. The Morgan fingerprint density at radius 1 is 0.971 bits per heavy atom. The van der Waals surface area contributed by atoms with Crippen molar-refractivity contribution >= 4 is 15.8 Å². The lowest BCUT2D eigenvalue weighted by Crippen LogP contribution is -2.17. The molecule has 0 amide bonds. The molecular formula is C23H21N5O5S. The fourth-order valence-corrected chi connectivity index (χ4v) is 3.13. The van der Waals surface area contributed by atoms with Gasteiger partial charge in [-0.05, 0) is 42.7 Å². The van der Waals surface area contributed by atoms with E-state index in [-0.39, 0.29) is 5.56 Å². The van der Waals surface area contributed by atoms with Crippen molar-refractivity contribution in [1.82, 2.24) is 19.9 Å². The Hall–Kier alpha value is -4.25. The lowest BCUT2D eigenvalue weighted by molar-refractivity contribution is 0.348. The summed E-state index contributed by atoms with van der Waals surface area (Å²) >= 11 is 0. The molecule has 0 radical (unpaired) electrons. The van der Waals surface area contributed by atoms with Crippen LogP contribution in [0.25, 0.3) is 11.4 Å². The van der Waals surface area contributed by atoms with Gasteiger partial charge in [0.2, 0.25) is 5.75 Å². The molecule has 34 heavy (non-hydrogen) atoms. The van der Waals surface area contributed by atoms with Gasteiger partial charge >= 0.3 is 0 Å². The molecule has 11 heteroatoms. The number of hydrogen-bond acceptors (Lipinski definition) is 9. The van der Waals surface area contributed by atoms with Gasteiger partial charge in [0.05, 0.1) is 37.4 Å². The zero-order valence-electron chi connectivity index (χ0n) is 33.7. The van der Waals surface area contributed by atoms with Crippen LogP contribution in [0.4, 0.5) is 5.82 Å². The first kappa shape index (κ1) is 9.94. The van der Waals surface area contributed by atoms with Crippen LogP contribution in [0.2, 0.25) is 0 Å². The van der Waals surface area contributed by atoms with Crippen LogP contribution < -0.4 is 18.9 Å². The van der Waals surface area contributed by atoms with Crippen molar-refractivity contribution in [2.45, 2.75) is 11.9 Å². The highest BCUT2D eigenvalue weighted by atomic mass is 32.2. The first-order valence-electron chi connectivity index (χ1n) is 17.3. The summed E-state index contributed by atoms with van der Waals surface area (Å²) < 4.78 is 179. The standard InChI is InChI=1S/C23H21N5O5S/c1-15-8-9-19(25-14-15)34(29,30)28-22-20(33-18-7-5-4-6-17(18)31-2)23(32-3)27-21(26-22)16-10-12-24-13-11-16/h4-14H,1-3H3,(H,26,27,28)/i2D3,3D3,4D,5D,6D,7D,8D,9D,10D,11D,12D,13D,14D. The van der Waals surface area contributed by atoms with Gasteiger partial charge < -0.3 is 14.2 Å². The molecule has 3 heterocycles. The Bertz CT molecular complexity index is 2170. The number of ether oxygens (including phenoxy) is 3. The van der Waals surface area contributed by atoms with Crippen LogP contribution in [-0.2, 0) is 10.0 Å². The van der Waals surface area contributed by atoms with Crippen molar-refractivity contribution in [1.29, 1.82) is 0 Å². The predicted molar refractivity (Wildman–Crippen MR) is 125 cm³/mol. The number of pyridine rings is 2. The maximum atomic E-state index is 13.7. The molecule has 0 spiro atoms. The quantitative estimate of drug-likeness (QED) is 0.387. The van der Waals surface area contributed by atoms with Crippen molar-refractivity contribution < 1.29 is 45.9 Å². The Morgan fingerprint density at radius 3 is 2.50 bits per heavy atom. The van der Waals surface area contributed by atoms with Crippen LogP contribution >= 0.6 is 0 Å². The molecule has 174 valence electrons. The molecule has 0 atom stereocenters. The second kappa shape index (κ2) is 9.71. The number of aromatic nitrogens is 4. The molecule has 0 fully saturated rings. The molecule has 4 rings (SSSR count). The van der Waals surface area contributed by atoms with Gasteiger partial charge in [0.15, 0.2) is 28.2 Å². The van der Waals surface area contributed by atoms with E-state index >= 15 is 0 Å². The third-order valence-corrected chi connectivity index (χ3v) is 4.89. The van der Waals surface area contributed by atoms with Gasteiger partial charge in [-0.25, -0.2) is 9.97 Å². The molecule has 0 saturated carbocycles. The third-order valence-electron chi connectivity index (χ3n) is 3.72. The first-order chi connectivity index (χ1) is 23.3. The van der Waals surface area contributed by atoms with Gasteiger partial charge in [0.1, 0.15) is 0 Å². The highest BCUT2D eigenvalue weighted by Crippen LogP contribution is 2.41. The summed E-state index contributed by atoms with van der Waals surface area (Å²) in [6, 6.07) is -7.88. The minimum Gasteiger partial charge on any atom is -0.493 e. The molecule has 1 aromatic carbocycles. The van der Waals surface area contributed by atoms with Gasteiger partial charge in [0, 0.05) is 24.1 Å². The number of nitrogens with one attached hydrogen (secondary N) is 1. The van der Waals surface area contributed by atoms with Crippen molar-refractivity contribution in [2.75, 3.05) is 18.8 Å². The number of hydrogen-bond donors (Lipinski definition) is 1. The predicted octanol–water partition coefficient (Wildman–Crippen LogP) is 3.85. The summed E-state index contributed by atoms with van der Waals surface area (Å²) in [7, 11) is -12.2. The second-order valence-electron chi connectivity index (χ2n) is 5.96. The van der Waals surface area contributed by atoms with Crippen LogP contribution in [0.15, 0.2) is 71.9 Å². The minimum absolute atomic E-state index is 0.179. The van der Waals surface area contributed by atoms with Crippen LogP contribution in [0, 0.1) is 6.92 Å². The fraction of sp³-hybridized carbons (Fsp3) is 0.130. The van der Waals surface area contributed by atoms with E-state index < -0.39 is 136 Å². The molecule has 0 aliphatic heterocycles. The van der Waals surface area contributed by atoms with E-state index in [0.717, 1.165) is 0 Å². The topological polar surface area (TPSA) is 125 Å². The molecule has 1 N–H and O–H groups in total. The number of para-hydroxylation sites is 2. The van der Waals surface area contributed by atoms with Gasteiger partial charge in [-0.1, -0.05) is 18.1 Å². The molecule has 4 aromatic rings. The molecular weight excluding hydrogens is 458 g/mol. The van der Waals surface area contributed by atoms with E-state index in [4.69, 9.17) is 37.5 Å². The number of benzene rings is 1. The Kier molecular flexibility index (Phi) is 2.84. The largest absolute Gasteiger partial charge is 0.493 e. The number of methoxy groups -OCH3 is 2. The third kappa shape index (κ3) is 4.89. The van der Waals surface area contributed by atoms with E-state index in [2.05, 4.69) is 19.9 Å². The highest BCUT2D eigenvalue weighted by molar-refractivity contribution is 7.92. The number of sulfonamides is 1. The summed E-state index contributed by atoms with van der Waals surface area (Å²) in [5, 5.41) is -1.24. The zero-order chi connectivity index (χ0) is 38.7. The summed E-state index contributed by atoms with van der Waals surface area (Å²) in [6.45, 7) is 1.22. The summed E-state index contributed by atoms with van der Waals surface area (Å²) in [5.74, 6) is -7.13. The van der Waals surface area contributed by atoms with Crippen LogP contribution in [-0.4, -0.2) is 42.4 Å². The molecule has 0 aliphatic rings. The van der Waals surface area contributed by atoms with E-state index in [9.17, 15) is 8.42 Å². The van der Waals surface area contributed by atoms with Crippen LogP contribution in [0.3, 0.4) is 0 Å². The van der Waals surface area contributed by atoms with Crippen LogP contribution in [0.5, 0.6) is 23.1 Å². The molecule has 3 aromatic heterocycles. The van der Waals surface area contributed by atoms with Gasteiger partial charge in [-0.3, -0.25) is 9.71 Å². The second-order valence-corrected chi connectivity index (χ2v) is 7.56. The van der Waals surface area contributed by atoms with Gasteiger partial charge in [0.25, 0.3) is 15.9 Å². The Balaban J connectivity index is 2.16. The van der Waals surface area contributed by atoms with Gasteiger partial charge in [-0.15, -0.1) is 0 Å². The summed E-state index contributed by atoms with van der Waals surface area (Å²) in [5.41, 5.74) is -0.964. The average Bonchev–Trinajstić information content (AvgIpc) is 3.00. The number of anilines is 1. The highest BCUT2D eigenvalue weighted by Gasteiger charge is 2.25. The van der Waals surface area contributed by atoms with E-state index in [1.807, 2.05) is 0 Å². The summed E-state index contributed by atoms with van der Waals surface area (Å²) in [4.78, 5) is 14.6. The van der Waals surface area contributed by atoms with Crippen molar-refractivity contribution in [3.05, 3.63) is 72.4 Å². The number of rotatable bonds is 8. The van der Waals surface area contributed by atoms with E-state index in [0.29, 0.717) is 0 Å². The van der Waals surface area contributed by atoms with Crippen molar-refractivity contribution in [2.24, 2.45) is 0 Å². The number of nitrogens with zero attached hydrogens (tertiary/aromatic N) is 4. The smallest absolute Gasteiger partial charge is 0.280 e. The zero-order valence-corrected chi connectivity index (χ0v) is 17.6. The lowest BCUT2D eigenvalue weighted by atomic mass is 10.2. The molecule has 10 nitrogen and oxygen atoms in total. The molecule has 0 aliphatic carbocycles. The SMILES string of the molecule is [2H]c1nc([2H])c([2H])c(-c2nc(NS(=O)(=O)c3nc([2H])c(C)c([2H])c3[2H])c(Oc3c([2H])c([2H])c([2H])c([2H])c3OC([2H])([2H])[2H])c(OC([2H])([2H])[2H])n2)c1[2H]. The maximum absolute atomic E-state index is 13.7. The lowest BCUT2D eigenvalue weighted by Gasteiger charge is -2.17. The van der Waals surface area contributed by atoms with E-state index in [1.165, 1.54) is 6.92 Å². The average molecular weight is 497 g/mol. The maximum Gasteiger partial charge on any atom is 0.280 e. The molecule has 0 bridgehead atoms. The minimum atomic E-state index is -5.30. The monoisotopic (exact) mass is 496 g/mol. The Labute approximate surface area is 220 Å².